The minimum atomic E-state index is -4.56. The standard InChI is InChI=1S/C15H21F3N2O2S.ClH/c1-11-5-6-13(8-14(11)15(16,17)18)23(21,22)20-7-3-4-12(10-20)9-19-2;/h5-6,8,12,19H,3-4,7,9-10H2,1-2H3;1H. The van der Waals surface area contributed by atoms with Crippen LogP contribution in [-0.4, -0.2) is 39.4 Å². The van der Waals surface area contributed by atoms with E-state index >= 15 is 0 Å². The van der Waals surface area contributed by atoms with Gasteiger partial charge in [-0.05, 0) is 57.0 Å². The Kier molecular flexibility index (Phi) is 7.10. The number of piperidine rings is 1. The maximum atomic E-state index is 13.0. The summed E-state index contributed by atoms with van der Waals surface area (Å²) in [5, 5.41) is 3.02. The van der Waals surface area contributed by atoms with E-state index < -0.39 is 21.8 Å². The van der Waals surface area contributed by atoms with Crippen molar-refractivity contribution in [1.29, 1.82) is 0 Å². The summed E-state index contributed by atoms with van der Waals surface area (Å²) in [6.07, 6.45) is -2.94. The van der Waals surface area contributed by atoms with E-state index in [9.17, 15) is 21.6 Å². The van der Waals surface area contributed by atoms with Crippen LogP contribution in [0.2, 0.25) is 0 Å². The molecule has 1 aliphatic heterocycles. The van der Waals surface area contributed by atoms with E-state index in [-0.39, 0.29) is 28.8 Å². The smallest absolute Gasteiger partial charge is 0.319 e. The van der Waals surface area contributed by atoms with Crippen molar-refractivity contribution in [1.82, 2.24) is 9.62 Å². The van der Waals surface area contributed by atoms with Crippen LogP contribution >= 0.6 is 12.4 Å². The zero-order chi connectivity index (χ0) is 17.3. The van der Waals surface area contributed by atoms with Crippen molar-refractivity contribution in [2.45, 2.75) is 30.8 Å². The van der Waals surface area contributed by atoms with Crippen LogP contribution in [0.1, 0.15) is 24.0 Å². The Bertz CT molecular complexity index is 663. The highest BCUT2D eigenvalue weighted by atomic mass is 35.5. The van der Waals surface area contributed by atoms with Crippen LogP contribution in [0.5, 0.6) is 0 Å². The fourth-order valence-corrected chi connectivity index (χ4v) is 4.50. The number of sulfonamides is 1. The van der Waals surface area contributed by atoms with Crippen LogP contribution < -0.4 is 5.32 Å². The molecule has 2 rings (SSSR count). The van der Waals surface area contributed by atoms with Gasteiger partial charge in [0.1, 0.15) is 0 Å². The molecule has 0 bridgehead atoms. The number of benzene rings is 1. The molecule has 4 nitrogen and oxygen atoms in total. The minimum absolute atomic E-state index is 0. The molecule has 1 N–H and O–H groups in total. The number of nitrogens with one attached hydrogen (secondary N) is 1. The van der Waals surface area contributed by atoms with E-state index in [2.05, 4.69) is 5.32 Å². The molecule has 1 saturated heterocycles. The topological polar surface area (TPSA) is 49.4 Å². The average Bonchev–Trinajstić information content (AvgIpc) is 2.47. The Morgan fingerprint density at radius 2 is 2.00 bits per heavy atom. The van der Waals surface area contributed by atoms with E-state index in [1.165, 1.54) is 23.4 Å². The van der Waals surface area contributed by atoms with Gasteiger partial charge < -0.3 is 5.32 Å². The number of halogens is 4. The Morgan fingerprint density at radius 3 is 2.58 bits per heavy atom. The molecular formula is C15H22ClF3N2O2S. The summed E-state index contributed by atoms with van der Waals surface area (Å²) in [5.74, 6) is 0.177. The Labute approximate surface area is 146 Å². The molecule has 0 aliphatic carbocycles. The Hall–Kier alpha value is -0.830. The maximum Gasteiger partial charge on any atom is 0.416 e. The van der Waals surface area contributed by atoms with Crippen molar-refractivity contribution in [2.75, 3.05) is 26.7 Å². The molecule has 1 atom stereocenters. The van der Waals surface area contributed by atoms with Crippen LogP contribution in [-0.2, 0) is 16.2 Å². The third kappa shape index (κ3) is 4.62. The molecule has 1 aromatic carbocycles. The summed E-state index contributed by atoms with van der Waals surface area (Å²) in [6.45, 7) is 2.69. The van der Waals surface area contributed by atoms with Gasteiger partial charge in [0, 0.05) is 13.1 Å². The molecule has 1 fully saturated rings. The third-order valence-corrected chi connectivity index (χ3v) is 5.99. The van der Waals surface area contributed by atoms with Crippen LogP contribution in [0.4, 0.5) is 13.2 Å². The predicted octanol–water partition coefficient (Wildman–Crippen LogP) is 3.06. The van der Waals surface area contributed by atoms with Gasteiger partial charge in [-0.1, -0.05) is 6.07 Å². The number of hydrogen-bond donors (Lipinski definition) is 1. The molecular weight excluding hydrogens is 365 g/mol. The first-order chi connectivity index (χ1) is 10.7. The molecule has 138 valence electrons. The predicted molar refractivity (Wildman–Crippen MR) is 88.8 cm³/mol. The van der Waals surface area contributed by atoms with Crippen molar-refractivity contribution in [3.63, 3.8) is 0 Å². The monoisotopic (exact) mass is 386 g/mol. The second-order valence-corrected chi connectivity index (χ2v) is 7.84. The lowest BCUT2D eigenvalue weighted by atomic mass is 10.00. The summed E-state index contributed by atoms with van der Waals surface area (Å²) in [5.41, 5.74) is -0.884. The second kappa shape index (κ2) is 8.03. The lowest BCUT2D eigenvalue weighted by Crippen LogP contribution is -2.42. The third-order valence-electron chi connectivity index (χ3n) is 4.13. The number of hydrogen-bond acceptors (Lipinski definition) is 3. The highest BCUT2D eigenvalue weighted by Gasteiger charge is 2.35. The van der Waals surface area contributed by atoms with Crippen LogP contribution in [0.25, 0.3) is 0 Å². The lowest BCUT2D eigenvalue weighted by molar-refractivity contribution is -0.138. The van der Waals surface area contributed by atoms with E-state index in [1.807, 2.05) is 0 Å². The lowest BCUT2D eigenvalue weighted by Gasteiger charge is -2.32. The largest absolute Gasteiger partial charge is 0.416 e. The van der Waals surface area contributed by atoms with Gasteiger partial charge in [-0.3, -0.25) is 0 Å². The fourth-order valence-electron chi connectivity index (χ4n) is 2.92. The fraction of sp³-hybridized carbons (Fsp3) is 0.600. The van der Waals surface area contributed by atoms with Gasteiger partial charge >= 0.3 is 6.18 Å². The van der Waals surface area contributed by atoms with E-state index in [0.29, 0.717) is 26.1 Å². The number of rotatable bonds is 4. The summed E-state index contributed by atoms with van der Waals surface area (Å²) in [6, 6.07) is 3.21. The SMILES string of the molecule is CNCC1CCCN(S(=O)(=O)c2ccc(C)c(C(F)(F)F)c2)C1.Cl. The zero-order valence-corrected chi connectivity index (χ0v) is 15.2. The van der Waals surface area contributed by atoms with Crippen molar-refractivity contribution >= 4 is 22.4 Å². The van der Waals surface area contributed by atoms with Gasteiger partial charge in [0.05, 0.1) is 10.5 Å². The minimum Gasteiger partial charge on any atom is -0.319 e. The maximum absolute atomic E-state index is 13.0. The van der Waals surface area contributed by atoms with Crippen molar-refractivity contribution in [3.8, 4) is 0 Å². The molecule has 9 heteroatoms. The highest BCUT2D eigenvalue weighted by Crippen LogP contribution is 2.34. The van der Waals surface area contributed by atoms with Crippen molar-refractivity contribution in [3.05, 3.63) is 29.3 Å². The van der Waals surface area contributed by atoms with Gasteiger partial charge in [-0.2, -0.15) is 17.5 Å². The molecule has 1 unspecified atom stereocenters. The first kappa shape index (κ1) is 21.2. The first-order valence-electron chi connectivity index (χ1n) is 7.49. The average molecular weight is 387 g/mol. The Morgan fingerprint density at radius 1 is 1.33 bits per heavy atom. The molecule has 1 heterocycles. The van der Waals surface area contributed by atoms with Crippen LogP contribution in [0.15, 0.2) is 23.1 Å². The normalized spacial score (nSPS) is 19.8. The molecule has 0 spiro atoms. The van der Waals surface area contributed by atoms with E-state index in [0.717, 1.165) is 12.5 Å². The summed E-state index contributed by atoms with van der Waals surface area (Å²) in [4.78, 5) is -0.291. The second-order valence-electron chi connectivity index (χ2n) is 5.90. The molecule has 0 saturated carbocycles. The molecule has 0 aromatic heterocycles. The van der Waals surface area contributed by atoms with Gasteiger partial charge in [-0.15, -0.1) is 12.4 Å². The Balaban J connectivity index is 0.00000288. The molecule has 0 radical (unpaired) electrons. The molecule has 1 aromatic rings. The van der Waals surface area contributed by atoms with E-state index in [4.69, 9.17) is 0 Å². The van der Waals surface area contributed by atoms with Crippen LogP contribution in [0.3, 0.4) is 0 Å². The highest BCUT2D eigenvalue weighted by molar-refractivity contribution is 7.89. The molecule has 0 amide bonds. The number of nitrogens with zero attached hydrogens (tertiary/aromatic N) is 1. The number of alkyl halides is 3. The van der Waals surface area contributed by atoms with Gasteiger partial charge in [0.2, 0.25) is 10.0 Å². The summed E-state index contributed by atoms with van der Waals surface area (Å²) in [7, 11) is -2.11. The number of aryl methyl sites for hydroxylation is 1. The van der Waals surface area contributed by atoms with Gasteiger partial charge in [0.25, 0.3) is 0 Å². The zero-order valence-electron chi connectivity index (χ0n) is 13.6. The van der Waals surface area contributed by atoms with Gasteiger partial charge in [0.15, 0.2) is 0 Å². The quantitative estimate of drug-likeness (QED) is 0.865. The van der Waals surface area contributed by atoms with Crippen LogP contribution in [0, 0.1) is 12.8 Å². The van der Waals surface area contributed by atoms with E-state index in [1.54, 1.807) is 7.05 Å². The molecule has 1 aliphatic rings. The first-order valence-corrected chi connectivity index (χ1v) is 8.93. The summed E-state index contributed by atoms with van der Waals surface area (Å²) >= 11 is 0. The van der Waals surface area contributed by atoms with Crippen molar-refractivity contribution in [2.24, 2.45) is 5.92 Å². The van der Waals surface area contributed by atoms with Crippen molar-refractivity contribution < 1.29 is 21.6 Å². The summed E-state index contributed by atoms with van der Waals surface area (Å²) < 4.78 is 65.6. The molecule has 24 heavy (non-hydrogen) atoms. The van der Waals surface area contributed by atoms with Gasteiger partial charge in [-0.25, -0.2) is 8.42 Å².